The summed E-state index contributed by atoms with van der Waals surface area (Å²) in [5, 5.41) is 0. The van der Waals surface area contributed by atoms with Crippen LogP contribution in [0.25, 0.3) is 6.08 Å². The second kappa shape index (κ2) is 9.68. The monoisotopic (exact) mass is 373 g/mol. The van der Waals surface area contributed by atoms with E-state index < -0.39 is 11.8 Å². The van der Waals surface area contributed by atoms with Crippen LogP contribution in [0, 0.1) is 0 Å². The van der Waals surface area contributed by atoms with Gasteiger partial charge in [0.25, 0.3) is 11.8 Å². The van der Waals surface area contributed by atoms with E-state index in [0.29, 0.717) is 12.4 Å². The first-order chi connectivity index (χ1) is 13.7. The van der Waals surface area contributed by atoms with Crippen molar-refractivity contribution in [3.8, 4) is 5.75 Å². The lowest BCUT2D eigenvalue weighted by atomic mass is 10.2. The Kier molecular flexibility index (Phi) is 6.52. The van der Waals surface area contributed by atoms with E-state index in [4.69, 9.17) is 4.74 Å². The van der Waals surface area contributed by atoms with Crippen molar-refractivity contribution < 1.29 is 14.3 Å². The molecule has 0 saturated carbocycles. The van der Waals surface area contributed by atoms with Crippen LogP contribution in [-0.4, -0.2) is 16.8 Å². The number of carbonyl (C=O) groups is 2. The van der Waals surface area contributed by atoms with Crippen molar-refractivity contribution in [3.05, 3.63) is 102 Å². The van der Waals surface area contributed by atoms with E-state index in [1.165, 1.54) is 12.3 Å². The van der Waals surface area contributed by atoms with E-state index in [-0.39, 0.29) is 5.69 Å². The molecule has 0 saturated heterocycles. The minimum Gasteiger partial charge on any atom is -0.489 e. The number of hydrogen-bond donors (Lipinski definition) is 2. The molecule has 3 aromatic rings. The summed E-state index contributed by atoms with van der Waals surface area (Å²) in [6.45, 7) is 0.466. The molecule has 28 heavy (non-hydrogen) atoms. The fraction of sp³-hybridized carbons (Fsp3) is 0.0455. The van der Waals surface area contributed by atoms with Crippen molar-refractivity contribution in [1.29, 1.82) is 0 Å². The van der Waals surface area contributed by atoms with Gasteiger partial charge in [-0.2, -0.15) is 0 Å². The molecule has 0 aliphatic rings. The van der Waals surface area contributed by atoms with Crippen LogP contribution >= 0.6 is 0 Å². The van der Waals surface area contributed by atoms with Crippen molar-refractivity contribution in [2.75, 3.05) is 0 Å². The van der Waals surface area contributed by atoms with Crippen molar-refractivity contribution >= 4 is 17.9 Å². The number of hydrogen-bond acceptors (Lipinski definition) is 4. The summed E-state index contributed by atoms with van der Waals surface area (Å²) in [7, 11) is 0. The Morgan fingerprint density at radius 3 is 2.54 bits per heavy atom. The zero-order valence-corrected chi connectivity index (χ0v) is 15.0. The van der Waals surface area contributed by atoms with E-state index in [1.807, 2.05) is 54.6 Å². The molecule has 0 unspecified atom stereocenters. The highest BCUT2D eigenvalue weighted by Gasteiger charge is 2.06. The van der Waals surface area contributed by atoms with Gasteiger partial charge in [-0.3, -0.25) is 25.4 Å². The van der Waals surface area contributed by atoms with Crippen LogP contribution < -0.4 is 15.6 Å². The number of amides is 2. The highest BCUT2D eigenvalue weighted by Crippen LogP contribution is 2.16. The molecule has 6 nitrogen and oxygen atoms in total. The number of carbonyl (C=O) groups excluding carboxylic acids is 2. The summed E-state index contributed by atoms with van der Waals surface area (Å²) < 4.78 is 5.77. The second-order valence-corrected chi connectivity index (χ2v) is 5.84. The third kappa shape index (κ3) is 5.81. The lowest BCUT2D eigenvalue weighted by Gasteiger charge is -2.07. The zero-order valence-electron chi connectivity index (χ0n) is 15.0. The number of ether oxygens (including phenoxy) is 1. The number of aromatic nitrogens is 1. The average Bonchev–Trinajstić information content (AvgIpc) is 2.76. The Hall–Kier alpha value is -3.93. The Morgan fingerprint density at radius 1 is 0.929 bits per heavy atom. The van der Waals surface area contributed by atoms with Crippen molar-refractivity contribution in [2.45, 2.75) is 6.61 Å². The van der Waals surface area contributed by atoms with Gasteiger partial charge in [-0.1, -0.05) is 48.5 Å². The summed E-state index contributed by atoms with van der Waals surface area (Å²) in [4.78, 5) is 27.6. The molecular weight excluding hydrogens is 354 g/mol. The Labute approximate surface area is 162 Å². The van der Waals surface area contributed by atoms with Crippen molar-refractivity contribution in [1.82, 2.24) is 15.8 Å². The summed E-state index contributed by atoms with van der Waals surface area (Å²) in [6, 6.07) is 22.2. The predicted octanol–water partition coefficient (Wildman–Crippen LogP) is 3.14. The maximum atomic E-state index is 11.9. The molecule has 0 atom stereocenters. The van der Waals surface area contributed by atoms with Gasteiger partial charge in [0.1, 0.15) is 18.1 Å². The molecule has 6 heteroatoms. The highest BCUT2D eigenvalue weighted by atomic mass is 16.5. The van der Waals surface area contributed by atoms with Gasteiger partial charge in [-0.15, -0.1) is 0 Å². The highest BCUT2D eigenvalue weighted by molar-refractivity contribution is 5.96. The van der Waals surface area contributed by atoms with E-state index in [9.17, 15) is 9.59 Å². The quantitative estimate of drug-likeness (QED) is 0.514. The van der Waals surface area contributed by atoms with Crippen LogP contribution in [0.5, 0.6) is 5.75 Å². The average molecular weight is 373 g/mol. The minimum absolute atomic E-state index is 0.218. The fourth-order valence-electron chi connectivity index (χ4n) is 2.34. The number of rotatable bonds is 6. The fourth-order valence-corrected chi connectivity index (χ4v) is 2.34. The molecule has 0 radical (unpaired) electrons. The van der Waals surface area contributed by atoms with Crippen LogP contribution in [0.1, 0.15) is 21.6 Å². The summed E-state index contributed by atoms with van der Waals surface area (Å²) in [6.07, 6.45) is 4.47. The van der Waals surface area contributed by atoms with Crippen LogP contribution in [0.4, 0.5) is 0 Å². The molecule has 0 spiro atoms. The number of pyridine rings is 1. The molecule has 2 amide bonds. The summed E-state index contributed by atoms with van der Waals surface area (Å²) in [5.41, 5.74) is 6.72. The van der Waals surface area contributed by atoms with Gasteiger partial charge < -0.3 is 4.74 Å². The topological polar surface area (TPSA) is 80.3 Å². The first-order valence-corrected chi connectivity index (χ1v) is 8.67. The third-order valence-corrected chi connectivity index (χ3v) is 3.73. The van der Waals surface area contributed by atoms with Crippen LogP contribution in [-0.2, 0) is 11.4 Å². The van der Waals surface area contributed by atoms with Gasteiger partial charge in [0.2, 0.25) is 0 Å². The van der Waals surface area contributed by atoms with Gasteiger partial charge in [-0.25, -0.2) is 0 Å². The molecule has 0 aliphatic carbocycles. The molecule has 3 rings (SSSR count). The lowest BCUT2D eigenvalue weighted by molar-refractivity contribution is -0.117. The molecule has 2 aromatic carbocycles. The van der Waals surface area contributed by atoms with Gasteiger partial charge in [0.05, 0.1) is 0 Å². The molecular formula is C22H19N3O3. The minimum atomic E-state index is -0.487. The molecule has 2 N–H and O–H groups in total. The van der Waals surface area contributed by atoms with E-state index in [2.05, 4.69) is 15.8 Å². The summed E-state index contributed by atoms with van der Waals surface area (Å²) in [5.74, 6) is -0.242. The standard InChI is InChI=1S/C22H19N3O3/c26-21(24-25-22(27)20-11-4-5-14-23-20)13-12-17-9-6-10-19(15-17)28-16-18-7-2-1-3-8-18/h1-15H,16H2,(H,24,26)(H,25,27)/b13-12+. The molecule has 0 bridgehead atoms. The molecule has 0 aliphatic heterocycles. The van der Waals surface area contributed by atoms with Crippen LogP contribution in [0.15, 0.2) is 85.1 Å². The number of benzene rings is 2. The predicted molar refractivity (Wildman–Crippen MR) is 106 cm³/mol. The van der Waals surface area contributed by atoms with Crippen LogP contribution in [0.3, 0.4) is 0 Å². The smallest absolute Gasteiger partial charge is 0.288 e. The first kappa shape index (κ1) is 18.8. The van der Waals surface area contributed by atoms with E-state index in [0.717, 1.165) is 11.1 Å². The van der Waals surface area contributed by atoms with Crippen LogP contribution in [0.2, 0.25) is 0 Å². The normalized spacial score (nSPS) is 10.4. The summed E-state index contributed by atoms with van der Waals surface area (Å²) >= 11 is 0. The van der Waals surface area contributed by atoms with E-state index >= 15 is 0 Å². The van der Waals surface area contributed by atoms with E-state index in [1.54, 1.807) is 24.3 Å². The lowest BCUT2D eigenvalue weighted by Crippen LogP contribution is -2.41. The molecule has 0 fully saturated rings. The van der Waals surface area contributed by atoms with Gasteiger partial charge in [0.15, 0.2) is 0 Å². The maximum absolute atomic E-state index is 11.9. The Balaban J connectivity index is 1.50. The van der Waals surface area contributed by atoms with Crippen molar-refractivity contribution in [3.63, 3.8) is 0 Å². The largest absolute Gasteiger partial charge is 0.489 e. The second-order valence-electron chi connectivity index (χ2n) is 5.84. The Morgan fingerprint density at radius 2 is 1.75 bits per heavy atom. The van der Waals surface area contributed by atoms with Gasteiger partial charge >= 0.3 is 0 Å². The number of hydrazine groups is 1. The number of nitrogens with one attached hydrogen (secondary N) is 2. The molecule has 140 valence electrons. The van der Waals surface area contributed by atoms with Gasteiger partial charge in [0, 0.05) is 12.3 Å². The molecule has 1 aromatic heterocycles. The Bertz CT molecular complexity index is 957. The number of nitrogens with zero attached hydrogens (tertiary/aromatic N) is 1. The van der Waals surface area contributed by atoms with Gasteiger partial charge in [-0.05, 0) is 41.5 Å². The SMILES string of the molecule is O=C(/C=C/c1cccc(OCc2ccccc2)c1)NNC(=O)c1ccccn1. The van der Waals surface area contributed by atoms with Crippen molar-refractivity contribution in [2.24, 2.45) is 0 Å². The first-order valence-electron chi connectivity index (χ1n) is 8.67. The molecule has 1 heterocycles. The maximum Gasteiger partial charge on any atom is 0.288 e. The zero-order chi connectivity index (χ0) is 19.6. The third-order valence-electron chi connectivity index (χ3n) is 3.73.